The quantitative estimate of drug-likeness (QED) is 0.914. The third-order valence-electron chi connectivity index (χ3n) is 5.68. The zero-order chi connectivity index (χ0) is 18.0. The summed E-state index contributed by atoms with van der Waals surface area (Å²) in [5, 5.41) is 3.90. The van der Waals surface area contributed by atoms with Gasteiger partial charge < -0.3 is 19.5 Å². The lowest BCUT2D eigenvalue weighted by Gasteiger charge is -2.40. The van der Waals surface area contributed by atoms with E-state index in [0.717, 1.165) is 38.2 Å². The third kappa shape index (κ3) is 4.10. The number of hydrogen-bond donors (Lipinski definition) is 1. The van der Waals surface area contributed by atoms with Crippen molar-refractivity contribution in [3.63, 3.8) is 0 Å². The number of ether oxygens (including phenoxy) is 1. The first kappa shape index (κ1) is 17.6. The van der Waals surface area contributed by atoms with Crippen LogP contribution in [0.2, 0.25) is 0 Å². The number of piperidine rings is 1. The summed E-state index contributed by atoms with van der Waals surface area (Å²) in [6.45, 7) is 7.53. The van der Waals surface area contributed by atoms with E-state index >= 15 is 0 Å². The van der Waals surface area contributed by atoms with Crippen LogP contribution >= 0.6 is 0 Å². The van der Waals surface area contributed by atoms with E-state index in [2.05, 4.69) is 53.3 Å². The van der Waals surface area contributed by atoms with Gasteiger partial charge in [0, 0.05) is 55.5 Å². The smallest absolute Gasteiger partial charge is 0.0991 e. The summed E-state index contributed by atoms with van der Waals surface area (Å²) in [7, 11) is 0. The Hall–Kier alpha value is -1.85. The van der Waals surface area contributed by atoms with Crippen LogP contribution in [0.1, 0.15) is 39.5 Å². The average Bonchev–Trinajstić information content (AvgIpc) is 3.16. The standard InChI is InChI=1S/C21H30N4O/c1-21(2)15-18(9-14-26-21)23-17-7-11-24(12-8-17)19-3-5-20(6-4-19)25-13-10-22-16-25/h3-6,10,13,16-18,23H,7-9,11-12,14-15H2,1-2H3. The summed E-state index contributed by atoms with van der Waals surface area (Å²) >= 11 is 0. The van der Waals surface area contributed by atoms with E-state index in [1.54, 1.807) is 0 Å². The topological polar surface area (TPSA) is 42.3 Å². The van der Waals surface area contributed by atoms with E-state index < -0.39 is 0 Å². The van der Waals surface area contributed by atoms with Gasteiger partial charge in [-0.05, 0) is 63.8 Å². The molecule has 0 bridgehead atoms. The number of benzene rings is 1. The van der Waals surface area contributed by atoms with Crippen LogP contribution in [0, 0.1) is 0 Å². The minimum atomic E-state index is 0.0214. The summed E-state index contributed by atoms with van der Waals surface area (Å²) in [4.78, 5) is 6.62. The number of imidazole rings is 1. The highest BCUT2D eigenvalue weighted by Gasteiger charge is 2.30. The Balaban J connectivity index is 1.29. The van der Waals surface area contributed by atoms with Crippen molar-refractivity contribution in [1.29, 1.82) is 0 Å². The van der Waals surface area contributed by atoms with Crippen LogP contribution in [-0.4, -0.2) is 46.9 Å². The van der Waals surface area contributed by atoms with Gasteiger partial charge in [0.1, 0.15) is 0 Å². The van der Waals surface area contributed by atoms with E-state index in [4.69, 9.17) is 4.74 Å². The van der Waals surface area contributed by atoms with Crippen molar-refractivity contribution in [3.8, 4) is 5.69 Å². The molecule has 2 aliphatic heterocycles. The molecule has 2 fully saturated rings. The summed E-state index contributed by atoms with van der Waals surface area (Å²) < 4.78 is 7.88. The predicted octanol–water partition coefficient (Wildman–Crippen LogP) is 3.39. The van der Waals surface area contributed by atoms with Gasteiger partial charge in [-0.15, -0.1) is 0 Å². The lowest BCUT2D eigenvalue weighted by molar-refractivity contribution is -0.0644. The first-order chi connectivity index (χ1) is 12.6. The minimum Gasteiger partial charge on any atom is -0.375 e. The van der Waals surface area contributed by atoms with Gasteiger partial charge in [-0.1, -0.05) is 0 Å². The first-order valence-corrected chi connectivity index (χ1v) is 9.82. The second kappa shape index (κ2) is 7.41. The van der Waals surface area contributed by atoms with Crippen LogP contribution in [0.25, 0.3) is 5.69 Å². The molecule has 1 aromatic carbocycles. The number of aromatic nitrogens is 2. The van der Waals surface area contributed by atoms with Crippen molar-refractivity contribution in [2.45, 2.75) is 57.2 Å². The summed E-state index contributed by atoms with van der Waals surface area (Å²) in [5.41, 5.74) is 2.50. The number of nitrogens with zero attached hydrogens (tertiary/aromatic N) is 3. The maximum Gasteiger partial charge on any atom is 0.0991 e. The molecular formula is C21H30N4O. The van der Waals surface area contributed by atoms with Crippen LogP contribution in [-0.2, 0) is 4.74 Å². The molecule has 0 aliphatic carbocycles. The fourth-order valence-corrected chi connectivity index (χ4v) is 4.26. The number of anilines is 1. The van der Waals surface area contributed by atoms with Gasteiger partial charge in [0.2, 0.25) is 0 Å². The summed E-state index contributed by atoms with van der Waals surface area (Å²) in [6, 6.07) is 10.0. The monoisotopic (exact) mass is 354 g/mol. The van der Waals surface area contributed by atoms with E-state index in [-0.39, 0.29) is 5.60 Å². The molecule has 1 unspecified atom stereocenters. The Morgan fingerprint density at radius 3 is 2.42 bits per heavy atom. The normalized spacial score (nSPS) is 23.9. The molecule has 0 spiro atoms. The highest BCUT2D eigenvalue weighted by molar-refractivity contribution is 5.51. The van der Waals surface area contributed by atoms with Crippen LogP contribution < -0.4 is 10.2 Å². The van der Waals surface area contributed by atoms with Gasteiger partial charge in [0.05, 0.1) is 11.9 Å². The molecule has 26 heavy (non-hydrogen) atoms. The third-order valence-corrected chi connectivity index (χ3v) is 5.68. The molecule has 0 saturated carbocycles. The lowest BCUT2D eigenvalue weighted by atomic mass is 9.92. The maximum atomic E-state index is 5.84. The SMILES string of the molecule is CC1(C)CC(NC2CCN(c3ccc(-n4ccnc4)cc3)CC2)CCO1. The van der Waals surface area contributed by atoms with Crippen LogP contribution in [0.3, 0.4) is 0 Å². The zero-order valence-corrected chi connectivity index (χ0v) is 15.9. The molecule has 3 heterocycles. The van der Waals surface area contributed by atoms with Crippen molar-refractivity contribution in [2.75, 3.05) is 24.6 Å². The molecule has 1 atom stereocenters. The Morgan fingerprint density at radius 1 is 1.04 bits per heavy atom. The lowest BCUT2D eigenvalue weighted by Crippen LogP contribution is -2.50. The fraction of sp³-hybridized carbons (Fsp3) is 0.571. The zero-order valence-electron chi connectivity index (χ0n) is 15.9. The highest BCUT2D eigenvalue weighted by atomic mass is 16.5. The van der Waals surface area contributed by atoms with Gasteiger partial charge in [0.15, 0.2) is 0 Å². The Morgan fingerprint density at radius 2 is 1.77 bits per heavy atom. The molecule has 1 N–H and O–H groups in total. The average molecular weight is 354 g/mol. The molecule has 2 aliphatic rings. The fourth-order valence-electron chi connectivity index (χ4n) is 4.26. The molecule has 4 rings (SSSR count). The number of hydrogen-bond acceptors (Lipinski definition) is 4. The van der Waals surface area contributed by atoms with Crippen molar-refractivity contribution in [2.24, 2.45) is 0 Å². The molecule has 2 aromatic rings. The molecule has 140 valence electrons. The Labute approximate surface area is 156 Å². The van der Waals surface area contributed by atoms with Crippen LogP contribution in [0.5, 0.6) is 0 Å². The van der Waals surface area contributed by atoms with E-state index in [1.165, 1.54) is 18.5 Å². The van der Waals surface area contributed by atoms with Gasteiger partial charge in [0.25, 0.3) is 0 Å². The highest BCUT2D eigenvalue weighted by Crippen LogP contribution is 2.26. The second-order valence-corrected chi connectivity index (χ2v) is 8.21. The van der Waals surface area contributed by atoms with Crippen molar-refractivity contribution >= 4 is 5.69 Å². The van der Waals surface area contributed by atoms with Gasteiger partial charge in [-0.25, -0.2) is 4.98 Å². The van der Waals surface area contributed by atoms with Gasteiger partial charge in [-0.2, -0.15) is 0 Å². The van der Waals surface area contributed by atoms with Crippen molar-refractivity contribution in [1.82, 2.24) is 14.9 Å². The number of rotatable bonds is 4. The van der Waals surface area contributed by atoms with Gasteiger partial charge >= 0.3 is 0 Å². The van der Waals surface area contributed by atoms with Crippen molar-refractivity contribution < 1.29 is 4.74 Å². The van der Waals surface area contributed by atoms with Gasteiger partial charge in [-0.3, -0.25) is 0 Å². The molecular weight excluding hydrogens is 324 g/mol. The van der Waals surface area contributed by atoms with E-state index in [9.17, 15) is 0 Å². The molecule has 0 radical (unpaired) electrons. The first-order valence-electron chi connectivity index (χ1n) is 9.82. The molecule has 5 nitrogen and oxygen atoms in total. The largest absolute Gasteiger partial charge is 0.375 e. The minimum absolute atomic E-state index is 0.0214. The van der Waals surface area contributed by atoms with Crippen LogP contribution in [0.15, 0.2) is 43.0 Å². The second-order valence-electron chi connectivity index (χ2n) is 8.21. The Bertz CT molecular complexity index is 687. The van der Waals surface area contributed by atoms with Crippen LogP contribution in [0.4, 0.5) is 5.69 Å². The Kier molecular flexibility index (Phi) is 5.00. The molecule has 0 amide bonds. The summed E-state index contributed by atoms with van der Waals surface area (Å²) in [5.74, 6) is 0. The molecule has 2 saturated heterocycles. The molecule has 5 heteroatoms. The summed E-state index contributed by atoms with van der Waals surface area (Å²) in [6.07, 6.45) is 10.3. The number of nitrogens with one attached hydrogen (secondary N) is 1. The van der Waals surface area contributed by atoms with E-state index in [1.807, 2.05) is 23.3 Å². The predicted molar refractivity (Wildman–Crippen MR) is 105 cm³/mol. The maximum absolute atomic E-state index is 5.84. The molecule has 1 aromatic heterocycles. The van der Waals surface area contributed by atoms with Crippen molar-refractivity contribution in [3.05, 3.63) is 43.0 Å². The van der Waals surface area contributed by atoms with E-state index in [0.29, 0.717) is 12.1 Å².